The van der Waals surface area contributed by atoms with Crippen LogP contribution in [0.5, 0.6) is 0 Å². The molecule has 0 N–H and O–H groups in total. The minimum Gasteiger partial charge on any atom is -0.466 e. The Hall–Kier alpha value is -4.50. The molecule has 3 aliphatic rings. The Morgan fingerprint density at radius 3 is 2.11 bits per heavy atom. The van der Waals surface area contributed by atoms with Crippen LogP contribution in [0.15, 0.2) is 36.8 Å². The number of ether oxygens (including phenoxy) is 1. The lowest BCUT2D eigenvalue weighted by Crippen LogP contribution is -2.40. The topological polar surface area (TPSA) is 105 Å². The molecule has 3 fully saturated rings. The molecular weight excluding hydrogens is 728 g/mol. The van der Waals surface area contributed by atoms with Crippen molar-refractivity contribution in [3.63, 3.8) is 0 Å². The number of alkyl halides is 6. The normalized spacial score (nSPS) is 22.4. The second-order valence-electron chi connectivity index (χ2n) is 14.8. The van der Waals surface area contributed by atoms with Gasteiger partial charge in [0.05, 0.1) is 29.7 Å². The number of hydrogen-bond donors (Lipinski definition) is 0. The highest BCUT2D eigenvalue weighted by atomic mass is 19.4. The predicted octanol–water partition coefficient (Wildman–Crippen LogP) is 7.93. The molecule has 1 aromatic carbocycles. The lowest BCUT2D eigenvalue weighted by Gasteiger charge is -2.33. The van der Waals surface area contributed by atoms with Gasteiger partial charge in [-0.05, 0) is 88.1 Å². The Kier molecular flexibility index (Phi) is 11.9. The smallest absolute Gasteiger partial charge is 0.416 e. The third-order valence-electron chi connectivity index (χ3n) is 11.3. The average molecular weight is 776 g/mol. The maximum atomic E-state index is 13.9. The third kappa shape index (κ3) is 8.82. The monoisotopic (exact) mass is 775 g/mol. The zero-order valence-corrected chi connectivity index (χ0v) is 31.5. The molecule has 10 nitrogen and oxygen atoms in total. The molecule has 1 saturated carbocycles. The first-order chi connectivity index (χ1) is 26.1. The summed E-state index contributed by atoms with van der Waals surface area (Å²) in [4.78, 5) is 49.9. The Bertz CT molecular complexity index is 1800. The molecule has 3 unspecified atom stereocenters. The number of nitrogens with zero attached hydrogens (tertiary/aromatic N) is 7. The number of ketones is 1. The van der Waals surface area contributed by atoms with Gasteiger partial charge < -0.3 is 19.4 Å². The van der Waals surface area contributed by atoms with Gasteiger partial charge in [0.25, 0.3) is 0 Å². The summed E-state index contributed by atoms with van der Waals surface area (Å²) in [5, 5.41) is 0. The van der Waals surface area contributed by atoms with Gasteiger partial charge in [-0.25, -0.2) is 15.0 Å². The van der Waals surface area contributed by atoms with Crippen LogP contribution < -0.4 is 14.7 Å². The number of hydrogen-bond acceptors (Lipinski definition) is 10. The van der Waals surface area contributed by atoms with Crippen LogP contribution in [0.3, 0.4) is 0 Å². The van der Waals surface area contributed by atoms with E-state index in [1.807, 2.05) is 25.7 Å². The van der Waals surface area contributed by atoms with Crippen molar-refractivity contribution in [2.24, 2.45) is 11.8 Å². The molecule has 55 heavy (non-hydrogen) atoms. The minimum absolute atomic E-state index is 0.0393. The average Bonchev–Trinajstić information content (AvgIpc) is 3.76. The fourth-order valence-corrected chi connectivity index (χ4v) is 8.21. The van der Waals surface area contributed by atoms with Gasteiger partial charge in [0.15, 0.2) is 0 Å². The van der Waals surface area contributed by atoms with Crippen molar-refractivity contribution in [3.8, 4) is 0 Å². The fourth-order valence-electron chi connectivity index (χ4n) is 8.21. The highest BCUT2D eigenvalue weighted by Crippen LogP contribution is 2.40. The molecule has 16 heteroatoms. The van der Waals surface area contributed by atoms with Crippen molar-refractivity contribution in [2.45, 2.75) is 110 Å². The highest BCUT2D eigenvalue weighted by molar-refractivity contribution is 5.89. The zero-order chi connectivity index (χ0) is 39.7. The van der Waals surface area contributed by atoms with Crippen molar-refractivity contribution >= 4 is 29.5 Å². The first-order valence-electron chi connectivity index (χ1n) is 19.0. The molecule has 0 radical (unpaired) electrons. The standard InChI is InChI=1S/C39H47F6N7O3/c1-5-25-8-9-32(33(25)53)27-19-47-36(48-20-27)52(21-24-14-28(38(40,41)42)16-29(15-24)39(43,44)45)31-17-30(6-2)51(22-31)34-23(4)18-46-37(49-34)50-12-10-26(11-13-50)35(54)55-7-3/h14-16,18-20,25-26,30-32H,5-13,17,21-22H2,1-4H3/t25-,30?,31?,32?/m1/s1. The van der Waals surface area contributed by atoms with Gasteiger partial charge in [0.2, 0.25) is 11.9 Å². The summed E-state index contributed by atoms with van der Waals surface area (Å²) in [6.45, 7) is 9.10. The van der Waals surface area contributed by atoms with Gasteiger partial charge in [0.1, 0.15) is 11.6 Å². The zero-order valence-electron chi connectivity index (χ0n) is 31.5. The first kappa shape index (κ1) is 40.2. The van der Waals surface area contributed by atoms with E-state index < -0.39 is 29.5 Å². The molecule has 2 aromatic heterocycles. The Balaban J connectivity index is 1.32. The minimum atomic E-state index is -5.00. The van der Waals surface area contributed by atoms with E-state index in [4.69, 9.17) is 9.72 Å². The molecular formula is C39H47F6N7O3. The summed E-state index contributed by atoms with van der Waals surface area (Å²) in [5.74, 6) is 0.645. The maximum absolute atomic E-state index is 13.9. The molecule has 0 bridgehead atoms. The van der Waals surface area contributed by atoms with Crippen LogP contribution in [0, 0.1) is 18.8 Å². The van der Waals surface area contributed by atoms with Crippen molar-refractivity contribution in [1.82, 2.24) is 19.9 Å². The number of benzene rings is 1. The summed E-state index contributed by atoms with van der Waals surface area (Å²) < 4.78 is 88.8. The Morgan fingerprint density at radius 1 is 0.891 bits per heavy atom. The number of piperidine rings is 1. The van der Waals surface area contributed by atoms with Crippen LogP contribution in [0.1, 0.15) is 99.5 Å². The molecule has 298 valence electrons. The SMILES string of the molecule is CCOC(=O)C1CCN(c2ncc(C)c(N3CC(N(Cc4cc(C(F)(F)F)cc(C(F)(F)F)c4)c4ncc(C5CC[C@@H](CC)C5=O)cn4)CC3CC)n2)CC1. The maximum Gasteiger partial charge on any atom is 0.416 e. The van der Waals surface area contributed by atoms with Crippen molar-refractivity contribution in [2.75, 3.05) is 40.9 Å². The van der Waals surface area contributed by atoms with E-state index in [1.165, 1.54) is 0 Å². The number of aromatic nitrogens is 4. The Morgan fingerprint density at radius 2 is 1.55 bits per heavy atom. The highest BCUT2D eigenvalue weighted by Gasteiger charge is 2.41. The van der Waals surface area contributed by atoms with Gasteiger partial charge in [-0.1, -0.05) is 13.8 Å². The predicted molar refractivity (Wildman–Crippen MR) is 194 cm³/mol. The molecule has 2 aliphatic heterocycles. The summed E-state index contributed by atoms with van der Waals surface area (Å²) in [6.07, 6.45) is -0.629. The molecule has 2 saturated heterocycles. The lowest BCUT2D eigenvalue weighted by atomic mass is 9.96. The van der Waals surface area contributed by atoms with Crippen molar-refractivity contribution in [1.29, 1.82) is 0 Å². The van der Waals surface area contributed by atoms with Gasteiger partial charge in [-0.2, -0.15) is 31.3 Å². The molecule has 0 spiro atoms. The molecule has 4 atom stereocenters. The third-order valence-corrected chi connectivity index (χ3v) is 11.3. The molecule has 1 aliphatic carbocycles. The van der Waals surface area contributed by atoms with Gasteiger partial charge in [0, 0.05) is 68.2 Å². The number of carbonyl (C=O) groups excluding carboxylic acids is 2. The summed E-state index contributed by atoms with van der Waals surface area (Å²) in [5.41, 5.74) is -1.54. The van der Waals surface area contributed by atoms with Crippen molar-refractivity contribution < 1.29 is 40.7 Å². The van der Waals surface area contributed by atoms with E-state index in [-0.39, 0.29) is 59.7 Å². The van der Waals surface area contributed by atoms with Gasteiger partial charge in [-0.3, -0.25) is 9.59 Å². The van der Waals surface area contributed by atoms with Gasteiger partial charge >= 0.3 is 18.3 Å². The number of aryl methyl sites for hydroxylation is 1. The van der Waals surface area contributed by atoms with Crippen LogP contribution in [0.2, 0.25) is 0 Å². The van der Waals surface area contributed by atoms with Crippen molar-refractivity contribution in [3.05, 3.63) is 64.6 Å². The molecule has 3 aromatic rings. The Labute approximate surface area is 316 Å². The summed E-state index contributed by atoms with van der Waals surface area (Å²) >= 11 is 0. The number of halogens is 6. The number of esters is 1. The van der Waals surface area contributed by atoms with E-state index in [9.17, 15) is 35.9 Å². The molecule has 6 rings (SSSR count). The number of anilines is 3. The van der Waals surface area contributed by atoms with Crippen LogP contribution in [-0.2, 0) is 33.2 Å². The second-order valence-corrected chi connectivity index (χ2v) is 14.8. The fraction of sp³-hybridized carbons (Fsp3) is 0.590. The van der Waals surface area contributed by atoms with E-state index in [0.717, 1.165) is 30.5 Å². The van der Waals surface area contributed by atoms with Crippen LogP contribution >= 0.6 is 0 Å². The van der Waals surface area contributed by atoms with E-state index in [2.05, 4.69) is 19.9 Å². The van der Waals surface area contributed by atoms with E-state index >= 15 is 0 Å². The largest absolute Gasteiger partial charge is 0.466 e. The number of carbonyl (C=O) groups is 2. The second kappa shape index (κ2) is 16.3. The van der Waals surface area contributed by atoms with Crippen LogP contribution in [0.25, 0.3) is 0 Å². The quantitative estimate of drug-likeness (QED) is 0.141. The number of Topliss-reactive ketones (excluding diaryl/α,β-unsaturated/α-hetero) is 1. The van der Waals surface area contributed by atoms with E-state index in [0.29, 0.717) is 75.7 Å². The van der Waals surface area contributed by atoms with E-state index in [1.54, 1.807) is 30.4 Å². The summed E-state index contributed by atoms with van der Waals surface area (Å²) in [6, 6.07) is 1.09. The number of rotatable bonds is 11. The van der Waals surface area contributed by atoms with Gasteiger partial charge in [-0.15, -0.1) is 0 Å². The molecule has 4 heterocycles. The van der Waals surface area contributed by atoms with Crippen LogP contribution in [-0.4, -0.2) is 70.0 Å². The summed E-state index contributed by atoms with van der Waals surface area (Å²) in [7, 11) is 0. The first-order valence-corrected chi connectivity index (χ1v) is 19.0. The lowest BCUT2D eigenvalue weighted by molar-refractivity contribution is -0.148. The molecule has 0 amide bonds. The van der Waals surface area contributed by atoms with Crippen LogP contribution in [0.4, 0.5) is 44.1 Å².